The molecular formula is C60H52N6. The quantitative estimate of drug-likeness (QED) is 0.0698. The van der Waals surface area contributed by atoms with Crippen molar-refractivity contribution in [3.8, 4) is 28.1 Å². The van der Waals surface area contributed by atoms with Crippen molar-refractivity contribution >= 4 is 51.6 Å². The first kappa shape index (κ1) is 43.1. The van der Waals surface area contributed by atoms with Gasteiger partial charge in [-0.1, -0.05) is 157 Å². The molecule has 6 heteroatoms. The first-order valence-electron chi connectivity index (χ1n) is 22.4. The smallest absolute Gasteiger partial charge is 0.161 e. The van der Waals surface area contributed by atoms with Crippen molar-refractivity contribution in [1.82, 2.24) is 9.55 Å². The predicted octanol–water partition coefficient (Wildman–Crippen LogP) is 14.7. The summed E-state index contributed by atoms with van der Waals surface area (Å²) < 4.78 is 2.36. The van der Waals surface area contributed by atoms with Crippen LogP contribution in [0, 0.1) is 13.8 Å². The molecule has 0 saturated carbocycles. The van der Waals surface area contributed by atoms with Gasteiger partial charge in [-0.15, -0.1) is 0 Å². The lowest BCUT2D eigenvalue weighted by molar-refractivity contribution is 1.06. The molecule has 2 heterocycles. The second-order valence-corrected chi connectivity index (χ2v) is 16.5. The van der Waals surface area contributed by atoms with E-state index in [1.807, 2.05) is 19.2 Å². The van der Waals surface area contributed by atoms with Crippen LogP contribution in [0.1, 0.15) is 40.3 Å². The van der Waals surface area contributed by atoms with E-state index >= 15 is 0 Å². The fourth-order valence-electron chi connectivity index (χ4n) is 8.60. The predicted molar refractivity (Wildman–Crippen MR) is 280 cm³/mol. The van der Waals surface area contributed by atoms with Crippen molar-refractivity contribution in [1.29, 1.82) is 0 Å². The van der Waals surface area contributed by atoms with Crippen molar-refractivity contribution in [3.05, 3.63) is 240 Å². The molecule has 0 aliphatic heterocycles. The van der Waals surface area contributed by atoms with E-state index in [0.29, 0.717) is 18.2 Å². The molecular weight excluding hydrogens is 805 g/mol. The summed E-state index contributed by atoms with van der Waals surface area (Å²) in [6.45, 7) is 10.7. The summed E-state index contributed by atoms with van der Waals surface area (Å²) >= 11 is 0. The third kappa shape index (κ3) is 9.08. The van der Waals surface area contributed by atoms with Crippen molar-refractivity contribution in [2.24, 2.45) is 15.0 Å². The van der Waals surface area contributed by atoms with Gasteiger partial charge >= 0.3 is 0 Å². The Kier molecular flexibility index (Phi) is 12.8. The SMILES string of the molecule is C=N/C(=N\C(=N/Cc1ccc(C)cc1)c1ccc(C)cc1)c1ccnc(-c2cccc3c2c2ccccc2n3-c2ccc(-c3cccc(N(C)c4ccccc4)c3C/C=C\C=C/C)cc2)c1. The summed E-state index contributed by atoms with van der Waals surface area (Å²) in [6, 6.07) is 61.9. The summed E-state index contributed by atoms with van der Waals surface area (Å²) in [6.07, 6.45) is 11.1. The standard InChI is InChI=1S/C60H52N6/c1-6-7-8-12-19-51-50(21-15-24-55(51)65(5)48-17-10-9-11-18-48)45-34-36-49(37-35-45)66-56-23-14-13-20-53(56)58-52(22-16-25-57(58)66)54-40-47(38-39-62-54)59(61-4)64-60(46-32-28-43(3)29-33-46)63-41-44-30-26-42(2)27-31-44/h6-18,20-40H,4,19,41H2,1-3,5H3/b7-6-,12-8-,63-60-,64-59-. The molecule has 0 bridgehead atoms. The Morgan fingerprint density at radius 2 is 1.36 bits per heavy atom. The summed E-state index contributed by atoms with van der Waals surface area (Å²) in [4.78, 5) is 21.8. The van der Waals surface area contributed by atoms with Gasteiger partial charge in [0.1, 0.15) is 0 Å². The van der Waals surface area contributed by atoms with Gasteiger partial charge in [-0.25, -0.2) is 9.98 Å². The highest BCUT2D eigenvalue weighted by Crippen LogP contribution is 2.40. The molecule has 0 spiro atoms. The Balaban J connectivity index is 1.10. The van der Waals surface area contributed by atoms with Gasteiger partial charge in [-0.3, -0.25) is 9.98 Å². The topological polar surface area (TPSA) is 58.1 Å². The number of aromatic nitrogens is 2. The molecule has 0 N–H and O–H groups in total. The lowest BCUT2D eigenvalue weighted by Gasteiger charge is -2.24. The summed E-state index contributed by atoms with van der Waals surface area (Å²) in [5.41, 5.74) is 16.3. The minimum absolute atomic E-state index is 0.478. The van der Waals surface area contributed by atoms with Gasteiger partial charge in [0, 0.05) is 57.8 Å². The highest BCUT2D eigenvalue weighted by molar-refractivity contribution is 6.16. The normalized spacial score (nSPS) is 12.2. The van der Waals surface area contributed by atoms with E-state index in [1.165, 1.54) is 27.9 Å². The lowest BCUT2D eigenvalue weighted by Crippen LogP contribution is -2.12. The molecule has 9 rings (SSSR count). The van der Waals surface area contributed by atoms with E-state index in [0.717, 1.165) is 73.1 Å². The van der Waals surface area contributed by atoms with Gasteiger partial charge in [-0.05, 0) is 111 Å². The highest BCUT2D eigenvalue weighted by Gasteiger charge is 2.19. The maximum Gasteiger partial charge on any atom is 0.161 e. The van der Waals surface area contributed by atoms with Gasteiger partial charge in [0.05, 0.1) is 23.3 Å². The van der Waals surface area contributed by atoms with E-state index in [4.69, 9.17) is 15.0 Å². The largest absolute Gasteiger partial charge is 0.344 e. The fraction of sp³-hybridized carbons (Fsp3) is 0.100. The molecule has 7 aromatic carbocycles. The van der Waals surface area contributed by atoms with Crippen LogP contribution in [0.3, 0.4) is 0 Å². The average Bonchev–Trinajstić information content (AvgIpc) is 3.71. The number of benzene rings is 7. The lowest BCUT2D eigenvalue weighted by atomic mass is 9.95. The summed E-state index contributed by atoms with van der Waals surface area (Å²) in [5.74, 6) is 1.07. The number of fused-ring (bicyclic) bond motifs is 3. The number of nitrogens with zero attached hydrogens (tertiary/aromatic N) is 6. The molecule has 2 aromatic heterocycles. The minimum atomic E-state index is 0.478. The number of aliphatic imine (C=N–C) groups is 3. The van der Waals surface area contributed by atoms with Gasteiger partial charge in [0.2, 0.25) is 0 Å². The summed E-state index contributed by atoms with van der Waals surface area (Å²) in [7, 11) is 2.15. The molecule has 0 atom stereocenters. The Labute approximate surface area is 388 Å². The fourth-order valence-corrected chi connectivity index (χ4v) is 8.60. The van der Waals surface area contributed by atoms with Crippen LogP contribution in [-0.2, 0) is 13.0 Å². The highest BCUT2D eigenvalue weighted by atomic mass is 15.1. The van der Waals surface area contributed by atoms with Crippen LogP contribution in [-0.4, -0.2) is 35.0 Å². The number of pyridine rings is 1. The number of anilines is 2. The van der Waals surface area contributed by atoms with Crippen molar-refractivity contribution in [3.63, 3.8) is 0 Å². The zero-order valence-corrected chi connectivity index (χ0v) is 37.9. The second-order valence-electron chi connectivity index (χ2n) is 16.5. The Bertz CT molecular complexity index is 3280. The van der Waals surface area contributed by atoms with Gasteiger partial charge in [-0.2, -0.15) is 0 Å². The Morgan fingerprint density at radius 3 is 2.12 bits per heavy atom. The molecule has 0 radical (unpaired) electrons. The molecule has 0 amide bonds. The maximum atomic E-state index is 5.07. The van der Waals surface area contributed by atoms with Gasteiger partial charge in [0.15, 0.2) is 11.7 Å². The molecule has 0 aliphatic rings. The molecule has 0 unspecified atom stereocenters. The number of aryl methyl sites for hydroxylation is 2. The minimum Gasteiger partial charge on any atom is -0.344 e. The Morgan fingerprint density at radius 1 is 0.667 bits per heavy atom. The number of hydrogen-bond donors (Lipinski definition) is 0. The molecule has 0 saturated heterocycles. The Hall–Kier alpha value is -8.22. The number of amidine groups is 2. The molecule has 9 aromatic rings. The van der Waals surface area contributed by atoms with Crippen LogP contribution < -0.4 is 4.90 Å². The van der Waals surface area contributed by atoms with Crippen LogP contribution in [0.2, 0.25) is 0 Å². The first-order chi connectivity index (χ1) is 32.4. The number of allylic oxidation sites excluding steroid dienone is 4. The molecule has 0 fully saturated rings. The molecule has 66 heavy (non-hydrogen) atoms. The third-order valence-electron chi connectivity index (χ3n) is 12.0. The van der Waals surface area contributed by atoms with Crippen molar-refractivity contribution in [2.75, 3.05) is 11.9 Å². The van der Waals surface area contributed by atoms with E-state index in [-0.39, 0.29) is 0 Å². The number of hydrogen-bond acceptors (Lipinski definition) is 3. The summed E-state index contributed by atoms with van der Waals surface area (Å²) in [5, 5.41) is 2.27. The van der Waals surface area contributed by atoms with Crippen molar-refractivity contribution < 1.29 is 0 Å². The molecule has 0 aliphatic carbocycles. The van der Waals surface area contributed by atoms with E-state index in [1.54, 1.807) is 0 Å². The molecule has 322 valence electrons. The van der Waals surface area contributed by atoms with Crippen LogP contribution in [0.25, 0.3) is 49.9 Å². The monoisotopic (exact) mass is 856 g/mol. The van der Waals surface area contributed by atoms with Crippen molar-refractivity contribution in [2.45, 2.75) is 33.7 Å². The van der Waals surface area contributed by atoms with Crippen LogP contribution in [0.15, 0.2) is 221 Å². The number of para-hydroxylation sites is 2. The second kappa shape index (κ2) is 19.7. The number of rotatable bonds is 12. The van der Waals surface area contributed by atoms with Crippen LogP contribution in [0.4, 0.5) is 11.4 Å². The van der Waals surface area contributed by atoms with Crippen LogP contribution >= 0.6 is 0 Å². The zero-order chi connectivity index (χ0) is 45.4. The first-order valence-corrected chi connectivity index (χ1v) is 22.4. The van der Waals surface area contributed by atoms with E-state index in [9.17, 15) is 0 Å². The average molecular weight is 857 g/mol. The van der Waals surface area contributed by atoms with E-state index < -0.39 is 0 Å². The molecule has 6 nitrogen and oxygen atoms in total. The zero-order valence-electron chi connectivity index (χ0n) is 37.9. The third-order valence-corrected chi connectivity index (χ3v) is 12.0. The maximum absolute atomic E-state index is 5.07. The van der Waals surface area contributed by atoms with Gasteiger partial charge < -0.3 is 9.47 Å². The van der Waals surface area contributed by atoms with Crippen LogP contribution in [0.5, 0.6) is 0 Å². The van der Waals surface area contributed by atoms with E-state index in [2.05, 4.69) is 236 Å². The van der Waals surface area contributed by atoms with Gasteiger partial charge in [0.25, 0.3) is 0 Å².